The van der Waals surface area contributed by atoms with Crippen LogP contribution in [0.3, 0.4) is 0 Å². The van der Waals surface area contributed by atoms with Gasteiger partial charge in [-0.1, -0.05) is 201 Å². The molecule has 0 aliphatic carbocycles. The van der Waals surface area contributed by atoms with E-state index in [2.05, 4.69) is 111 Å². The Balaban J connectivity index is 4.20. The minimum atomic E-state index is -4.30. The summed E-state index contributed by atoms with van der Waals surface area (Å²) in [5.74, 6) is -0.329. The first-order chi connectivity index (χ1) is 32.6. The normalized spacial score (nSPS) is 14.3. The molecule has 0 aromatic heterocycles. The molecular formula is C58H103NO7P+. The van der Waals surface area contributed by atoms with Gasteiger partial charge in [0, 0.05) is 13.0 Å². The maximum absolute atomic E-state index is 12.8. The lowest BCUT2D eigenvalue weighted by Crippen LogP contribution is -2.37. The van der Waals surface area contributed by atoms with E-state index in [1.54, 1.807) is 0 Å². The smallest absolute Gasteiger partial charge is 0.457 e. The third-order valence-corrected chi connectivity index (χ3v) is 12.1. The number of carbonyl (C=O) groups excluding carboxylic acids is 1. The largest absolute Gasteiger partial charge is 0.472 e. The van der Waals surface area contributed by atoms with Crippen molar-refractivity contribution in [2.45, 2.75) is 213 Å². The van der Waals surface area contributed by atoms with E-state index in [9.17, 15) is 14.3 Å². The van der Waals surface area contributed by atoms with E-state index in [-0.39, 0.29) is 25.8 Å². The van der Waals surface area contributed by atoms with E-state index in [4.69, 9.17) is 18.5 Å². The van der Waals surface area contributed by atoms with Crippen molar-refractivity contribution in [2.24, 2.45) is 0 Å². The molecule has 0 aromatic carbocycles. The zero-order chi connectivity index (χ0) is 49.0. The summed E-state index contributed by atoms with van der Waals surface area (Å²) in [6, 6.07) is 0. The minimum absolute atomic E-state index is 0.0783. The second-order valence-electron chi connectivity index (χ2n) is 18.9. The van der Waals surface area contributed by atoms with Crippen LogP contribution in [0.1, 0.15) is 206 Å². The SMILES string of the molecule is CC/C=C\C/C=C\C/C=C\C/C=C\C/C=C\CCCCCCCCOCC(COP(=O)(O)OCC[N+](C)(C)C)OC(=O)CCCCCCCCCC/C=C\C/C=C\C/C=C\CCCCCCC. The summed E-state index contributed by atoms with van der Waals surface area (Å²) in [6.07, 6.45) is 68.8. The lowest BCUT2D eigenvalue weighted by molar-refractivity contribution is -0.870. The Hall–Kier alpha value is -2.58. The van der Waals surface area contributed by atoms with Crippen molar-refractivity contribution in [1.82, 2.24) is 0 Å². The zero-order valence-corrected chi connectivity index (χ0v) is 44.7. The van der Waals surface area contributed by atoms with Crippen LogP contribution in [0.15, 0.2) is 97.2 Å². The van der Waals surface area contributed by atoms with E-state index < -0.39 is 13.9 Å². The summed E-state index contributed by atoms with van der Waals surface area (Å²) >= 11 is 0. The Kier molecular flexibility index (Phi) is 47.9. The molecule has 0 spiro atoms. The molecule has 0 saturated carbocycles. The molecular weight excluding hydrogens is 854 g/mol. The molecule has 1 N–H and O–H groups in total. The third-order valence-electron chi connectivity index (χ3n) is 11.1. The fourth-order valence-corrected chi connectivity index (χ4v) is 7.74. The van der Waals surface area contributed by atoms with E-state index in [1.165, 1.54) is 89.9 Å². The van der Waals surface area contributed by atoms with Crippen LogP contribution in [-0.4, -0.2) is 75.6 Å². The number of nitrogens with zero attached hydrogens (tertiary/aromatic N) is 1. The maximum Gasteiger partial charge on any atom is 0.472 e. The summed E-state index contributed by atoms with van der Waals surface area (Å²) in [6.45, 7) is 5.44. The average Bonchev–Trinajstić information content (AvgIpc) is 3.29. The van der Waals surface area contributed by atoms with Gasteiger partial charge in [0.2, 0.25) is 0 Å². The predicted octanol–water partition coefficient (Wildman–Crippen LogP) is 16.9. The van der Waals surface area contributed by atoms with Crippen LogP contribution in [0.25, 0.3) is 0 Å². The first-order valence-electron chi connectivity index (χ1n) is 27.0. The highest BCUT2D eigenvalue weighted by Crippen LogP contribution is 2.43. The van der Waals surface area contributed by atoms with Gasteiger partial charge in [0.05, 0.1) is 34.4 Å². The first-order valence-corrected chi connectivity index (χ1v) is 28.5. The van der Waals surface area contributed by atoms with E-state index in [1.807, 2.05) is 21.1 Å². The van der Waals surface area contributed by atoms with Gasteiger partial charge in [0.25, 0.3) is 0 Å². The van der Waals surface area contributed by atoms with E-state index >= 15 is 0 Å². The van der Waals surface area contributed by atoms with Crippen molar-refractivity contribution in [3.63, 3.8) is 0 Å². The summed E-state index contributed by atoms with van der Waals surface area (Å²) < 4.78 is 35.2. The van der Waals surface area contributed by atoms with Crippen LogP contribution in [0.4, 0.5) is 0 Å². The zero-order valence-electron chi connectivity index (χ0n) is 43.9. The second-order valence-corrected chi connectivity index (χ2v) is 20.3. The van der Waals surface area contributed by atoms with Crippen molar-refractivity contribution in [3.8, 4) is 0 Å². The number of allylic oxidation sites excluding steroid dienone is 16. The van der Waals surface area contributed by atoms with Crippen LogP contribution in [0.2, 0.25) is 0 Å². The van der Waals surface area contributed by atoms with Crippen LogP contribution < -0.4 is 0 Å². The molecule has 67 heavy (non-hydrogen) atoms. The Morgan fingerprint density at radius 3 is 1.30 bits per heavy atom. The highest BCUT2D eigenvalue weighted by atomic mass is 31.2. The van der Waals surface area contributed by atoms with Gasteiger partial charge in [-0.25, -0.2) is 4.57 Å². The number of phosphoric ester groups is 1. The first kappa shape index (κ1) is 64.4. The Morgan fingerprint density at radius 1 is 0.478 bits per heavy atom. The number of likely N-dealkylation sites (N-methyl/N-ethyl adjacent to an activating group) is 1. The molecule has 0 rings (SSSR count). The van der Waals surface area contributed by atoms with Crippen LogP contribution in [0.5, 0.6) is 0 Å². The van der Waals surface area contributed by atoms with E-state index in [0.29, 0.717) is 24.1 Å². The lowest BCUT2D eigenvalue weighted by Gasteiger charge is -2.24. The van der Waals surface area contributed by atoms with Gasteiger partial charge < -0.3 is 18.9 Å². The van der Waals surface area contributed by atoms with Crippen molar-refractivity contribution >= 4 is 13.8 Å². The molecule has 9 heteroatoms. The number of esters is 1. The highest BCUT2D eigenvalue weighted by molar-refractivity contribution is 7.47. The van der Waals surface area contributed by atoms with E-state index in [0.717, 1.165) is 96.3 Å². The van der Waals surface area contributed by atoms with Crippen LogP contribution in [0, 0.1) is 0 Å². The topological polar surface area (TPSA) is 91.3 Å². The Labute approximate surface area is 413 Å². The number of unbranched alkanes of at least 4 members (excludes halogenated alkanes) is 19. The molecule has 0 aromatic rings. The number of rotatable bonds is 49. The number of carbonyl (C=O) groups is 1. The molecule has 0 aliphatic rings. The second kappa shape index (κ2) is 49.8. The van der Waals surface area contributed by atoms with Crippen molar-refractivity contribution in [3.05, 3.63) is 97.2 Å². The fraction of sp³-hybridized carbons (Fsp3) is 0.707. The monoisotopic (exact) mass is 957 g/mol. The average molecular weight is 957 g/mol. The summed E-state index contributed by atoms with van der Waals surface area (Å²) in [5, 5.41) is 0. The Bertz CT molecular complexity index is 1390. The molecule has 8 nitrogen and oxygen atoms in total. The summed E-state index contributed by atoms with van der Waals surface area (Å²) in [4.78, 5) is 23.0. The molecule has 0 radical (unpaired) electrons. The fourth-order valence-electron chi connectivity index (χ4n) is 7.00. The maximum atomic E-state index is 12.8. The van der Waals surface area contributed by atoms with Gasteiger partial charge in [0.1, 0.15) is 19.3 Å². The van der Waals surface area contributed by atoms with Gasteiger partial charge in [-0.15, -0.1) is 0 Å². The number of hydrogen-bond donors (Lipinski definition) is 1. The number of phosphoric acid groups is 1. The summed E-state index contributed by atoms with van der Waals surface area (Å²) in [5.41, 5.74) is 0. The number of hydrogen-bond acceptors (Lipinski definition) is 6. The molecule has 0 bridgehead atoms. The van der Waals surface area contributed by atoms with Crippen LogP contribution >= 0.6 is 7.82 Å². The molecule has 0 amide bonds. The number of ether oxygens (including phenoxy) is 2. The quantitative estimate of drug-likeness (QED) is 0.0213. The van der Waals surface area contributed by atoms with Gasteiger partial charge >= 0.3 is 13.8 Å². The number of quaternary nitrogens is 1. The Morgan fingerprint density at radius 2 is 0.866 bits per heavy atom. The van der Waals surface area contributed by atoms with Crippen molar-refractivity contribution in [1.29, 1.82) is 0 Å². The standard InChI is InChI=1S/C58H102NO7P/c1-6-8-10-12-14-16-18-20-22-24-26-28-30-31-33-35-37-39-41-43-45-47-49-51-58(60)66-57(56-65-67(61,62)64-54-52-59(3,4)5)55-63-53-50-48-46-44-42-40-38-36-34-32-29-27-25-23-21-19-17-15-13-11-9-7-2/h9,11,15,17-18,20-21,23-24,26-27,29-31,34,36,57H,6-8,10,12-14,16,19,22,25,28,32-33,35,37-56H2,1-5H3/p+1/b11-9-,17-15-,20-18-,23-21-,26-24-,29-27-,31-30-,36-34-. The third kappa shape index (κ3) is 54.2. The van der Waals surface area contributed by atoms with Crippen molar-refractivity contribution < 1.29 is 37.3 Å². The molecule has 2 unspecified atom stereocenters. The molecule has 386 valence electrons. The van der Waals surface area contributed by atoms with Gasteiger partial charge in [-0.05, 0) is 96.3 Å². The predicted molar refractivity (Wildman–Crippen MR) is 288 cm³/mol. The van der Waals surface area contributed by atoms with Gasteiger partial charge in [-0.2, -0.15) is 0 Å². The molecule has 2 atom stereocenters. The molecule has 0 fully saturated rings. The molecule has 0 aliphatic heterocycles. The van der Waals surface area contributed by atoms with Gasteiger partial charge in [0.15, 0.2) is 0 Å². The van der Waals surface area contributed by atoms with Crippen molar-refractivity contribution in [2.75, 3.05) is 54.1 Å². The summed E-state index contributed by atoms with van der Waals surface area (Å²) in [7, 11) is 1.64. The molecule has 0 heterocycles. The van der Waals surface area contributed by atoms with Crippen LogP contribution in [-0.2, 0) is 27.9 Å². The molecule has 0 saturated heterocycles. The van der Waals surface area contributed by atoms with Gasteiger partial charge in [-0.3, -0.25) is 13.8 Å². The highest BCUT2D eigenvalue weighted by Gasteiger charge is 2.26. The lowest BCUT2D eigenvalue weighted by atomic mass is 10.1. The minimum Gasteiger partial charge on any atom is -0.457 e.